The first-order valence-electron chi connectivity index (χ1n) is 8.93. The van der Waals surface area contributed by atoms with Crippen LogP contribution in [0.4, 0.5) is 5.69 Å². The summed E-state index contributed by atoms with van der Waals surface area (Å²) in [6.45, 7) is 4.74. The molecule has 0 bridgehead atoms. The zero-order valence-electron chi connectivity index (χ0n) is 15.0. The smallest absolute Gasteiger partial charge is 0.209 e. The number of piperazine rings is 1. The number of methoxy groups -OCH3 is 1. The SMILES string of the molecule is COc1ccc(N2CCN(Cc3ncc(-c4ccccc4)o3)CC2)cc1. The fourth-order valence-electron chi connectivity index (χ4n) is 3.27. The van der Waals surface area contributed by atoms with Crippen LogP contribution in [0.15, 0.2) is 65.2 Å². The Morgan fingerprint density at radius 1 is 0.962 bits per heavy atom. The van der Waals surface area contributed by atoms with Crippen LogP contribution in [0.25, 0.3) is 11.3 Å². The summed E-state index contributed by atoms with van der Waals surface area (Å²) in [5.41, 5.74) is 2.31. The molecule has 1 aliphatic heterocycles. The number of oxazole rings is 1. The summed E-state index contributed by atoms with van der Waals surface area (Å²) in [4.78, 5) is 9.24. The average molecular weight is 349 g/mol. The minimum Gasteiger partial charge on any atom is -0.497 e. The second-order valence-electron chi connectivity index (χ2n) is 6.45. The predicted molar refractivity (Wildman–Crippen MR) is 102 cm³/mol. The van der Waals surface area contributed by atoms with E-state index in [-0.39, 0.29) is 0 Å². The summed E-state index contributed by atoms with van der Waals surface area (Å²) in [5, 5.41) is 0. The molecular weight excluding hydrogens is 326 g/mol. The second kappa shape index (κ2) is 7.62. The number of nitrogens with zero attached hydrogens (tertiary/aromatic N) is 3. The minimum absolute atomic E-state index is 0.753. The first-order valence-corrected chi connectivity index (χ1v) is 8.93. The molecule has 0 aliphatic carbocycles. The third-order valence-electron chi connectivity index (χ3n) is 4.78. The maximum atomic E-state index is 5.93. The van der Waals surface area contributed by atoms with Crippen LogP contribution in [0.3, 0.4) is 0 Å². The van der Waals surface area contributed by atoms with Gasteiger partial charge < -0.3 is 14.1 Å². The van der Waals surface area contributed by atoms with E-state index in [9.17, 15) is 0 Å². The van der Waals surface area contributed by atoms with Gasteiger partial charge in [-0.1, -0.05) is 30.3 Å². The summed E-state index contributed by atoms with van der Waals surface area (Å²) in [6, 6.07) is 18.4. The lowest BCUT2D eigenvalue weighted by atomic mass is 10.2. The van der Waals surface area contributed by atoms with Gasteiger partial charge in [0.1, 0.15) is 5.75 Å². The number of anilines is 1. The lowest BCUT2D eigenvalue weighted by Crippen LogP contribution is -2.46. The van der Waals surface area contributed by atoms with Gasteiger partial charge in [-0.05, 0) is 24.3 Å². The molecule has 5 heteroatoms. The van der Waals surface area contributed by atoms with Gasteiger partial charge in [-0.2, -0.15) is 0 Å². The third-order valence-corrected chi connectivity index (χ3v) is 4.78. The van der Waals surface area contributed by atoms with Crippen molar-refractivity contribution in [2.45, 2.75) is 6.54 Å². The fourth-order valence-corrected chi connectivity index (χ4v) is 3.27. The van der Waals surface area contributed by atoms with Gasteiger partial charge in [0.05, 0.1) is 19.9 Å². The molecule has 0 radical (unpaired) electrons. The fraction of sp³-hybridized carbons (Fsp3) is 0.286. The predicted octanol–water partition coefficient (Wildman–Crippen LogP) is 3.67. The Bertz CT molecular complexity index is 822. The number of ether oxygens (including phenoxy) is 1. The van der Waals surface area contributed by atoms with E-state index >= 15 is 0 Å². The summed E-state index contributed by atoms with van der Waals surface area (Å²) in [7, 11) is 1.69. The second-order valence-corrected chi connectivity index (χ2v) is 6.45. The Balaban J connectivity index is 1.33. The van der Waals surface area contributed by atoms with E-state index in [2.05, 4.69) is 26.9 Å². The maximum absolute atomic E-state index is 5.93. The Morgan fingerprint density at radius 3 is 2.38 bits per heavy atom. The minimum atomic E-state index is 0.753. The molecule has 3 aromatic rings. The molecular formula is C21H23N3O2. The van der Waals surface area contributed by atoms with Crippen molar-refractivity contribution in [1.29, 1.82) is 0 Å². The van der Waals surface area contributed by atoms with Crippen molar-refractivity contribution in [3.05, 3.63) is 66.7 Å². The highest BCUT2D eigenvalue weighted by atomic mass is 16.5. The Labute approximate surface area is 153 Å². The van der Waals surface area contributed by atoms with Crippen LogP contribution in [0.1, 0.15) is 5.89 Å². The monoisotopic (exact) mass is 349 g/mol. The van der Waals surface area contributed by atoms with Crippen molar-refractivity contribution < 1.29 is 9.15 Å². The molecule has 0 amide bonds. The molecule has 0 unspecified atom stereocenters. The van der Waals surface area contributed by atoms with Gasteiger partial charge in [0.25, 0.3) is 0 Å². The molecule has 1 aromatic heterocycles. The van der Waals surface area contributed by atoms with Gasteiger partial charge in [-0.25, -0.2) is 4.98 Å². The average Bonchev–Trinajstić information content (AvgIpc) is 3.18. The van der Waals surface area contributed by atoms with E-state index in [1.807, 2.05) is 48.7 Å². The third kappa shape index (κ3) is 3.73. The molecule has 134 valence electrons. The van der Waals surface area contributed by atoms with Crippen molar-refractivity contribution in [2.24, 2.45) is 0 Å². The largest absolute Gasteiger partial charge is 0.497 e. The number of hydrogen-bond acceptors (Lipinski definition) is 5. The van der Waals surface area contributed by atoms with Gasteiger partial charge in [0, 0.05) is 37.4 Å². The number of rotatable bonds is 5. The van der Waals surface area contributed by atoms with Crippen LogP contribution in [0.2, 0.25) is 0 Å². The van der Waals surface area contributed by atoms with Gasteiger partial charge in [0.15, 0.2) is 5.76 Å². The van der Waals surface area contributed by atoms with Gasteiger partial charge in [0.2, 0.25) is 5.89 Å². The first kappa shape index (κ1) is 16.7. The van der Waals surface area contributed by atoms with Crippen molar-refractivity contribution in [2.75, 3.05) is 38.2 Å². The van der Waals surface area contributed by atoms with E-state index in [1.165, 1.54) is 5.69 Å². The lowest BCUT2D eigenvalue weighted by Gasteiger charge is -2.35. The molecule has 26 heavy (non-hydrogen) atoms. The van der Waals surface area contributed by atoms with Crippen molar-refractivity contribution in [1.82, 2.24) is 9.88 Å². The molecule has 0 N–H and O–H groups in total. The zero-order valence-corrected chi connectivity index (χ0v) is 15.0. The van der Waals surface area contributed by atoms with E-state index in [4.69, 9.17) is 9.15 Å². The number of hydrogen-bond donors (Lipinski definition) is 0. The molecule has 2 aromatic carbocycles. The Morgan fingerprint density at radius 2 is 1.69 bits per heavy atom. The number of aromatic nitrogens is 1. The molecule has 1 fully saturated rings. The molecule has 2 heterocycles. The van der Waals surface area contributed by atoms with Crippen LogP contribution >= 0.6 is 0 Å². The van der Waals surface area contributed by atoms with Crippen LogP contribution in [-0.4, -0.2) is 43.2 Å². The van der Waals surface area contributed by atoms with Crippen molar-refractivity contribution in [3.8, 4) is 17.1 Å². The van der Waals surface area contributed by atoms with Gasteiger partial charge in [-0.15, -0.1) is 0 Å². The topological polar surface area (TPSA) is 41.7 Å². The van der Waals surface area contributed by atoms with Crippen LogP contribution < -0.4 is 9.64 Å². The van der Waals surface area contributed by atoms with E-state index in [0.717, 1.165) is 55.7 Å². The van der Waals surface area contributed by atoms with Crippen molar-refractivity contribution in [3.63, 3.8) is 0 Å². The van der Waals surface area contributed by atoms with E-state index in [0.29, 0.717) is 0 Å². The molecule has 0 saturated carbocycles. The summed E-state index contributed by atoms with van der Waals surface area (Å²) in [5.74, 6) is 2.50. The van der Waals surface area contributed by atoms with Gasteiger partial charge >= 0.3 is 0 Å². The standard InChI is InChI=1S/C21H23N3O2/c1-25-19-9-7-18(8-10-19)24-13-11-23(12-14-24)16-21-22-15-20(26-21)17-5-3-2-4-6-17/h2-10,15H,11-14,16H2,1H3. The van der Waals surface area contributed by atoms with Crippen LogP contribution in [-0.2, 0) is 6.54 Å². The Kier molecular flexibility index (Phi) is 4.88. The first-order chi connectivity index (χ1) is 12.8. The van der Waals surface area contributed by atoms with E-state index < -0.39 is 0 Å². The highest BCUT2D eigenvalue weighted by molar-refractivity contribution is 5.55. The van der Waals surface area contributed by atoms with Crippen molar-refractivity contribution >= 4 is 5.69 Å². The molecule has 0 atom stereocenters. The molecule has 5 nitrogen and oxygen atoms in total. The molecule has 0 spiro atoms. The highest BCUT2D eigenvalue weighted by Crippen LogP contribution is 2.23. The number of benzene rings is 2. The highest BCUT2D eigenvalue weighted by Gasteiger charge is 2.19. The molecule has 4 rings (SSSR count). The quantitative estimate of drug-likeness (QED) is 0.703. The Hall–Kier alpha value is -2.79. The molecule has 1 aliphatic rings. The van der Waals surface area contributed by atoms with Crippen LogP contribution in [0.5, 0.6) is 5.75 Å². The summed E-state index contributed by atoms with van der Waals surface area (Å²) in [6.07, 6.45) is 1.82. The van der Waals surface area contributed by atoms with Crippen LogP contribution in [0, 0.1) is 0 Å². The zero-order chi connectivity index (χ0) is 17.8. The summed E-state index contributed by atoms with van der Waals surface area (Å²) >= 11 is 0. The summed E-state index contributed by atoms with van der Waals surface area (Å²) < 4.78 is 11.2. The molecule has 1 saturated heterocycles. The van der Waals surface area contributed by atoms with Gasteiger partial charge in [-0.3, -0.25) is 4.90 Å². The van der Waals surface area contributed by atoms with E-state index in [1.54, 1.807) is 7.11 Å². The maximum Gasteiger partial charge on any atom is 0.209 e. The normalized spacial score (nSPS) is 15.2. The lowest BCUT2D eigenvalue weighted by molar-refractivity contribution is 0.227.